The molecular formula is C13H17N5O2. The highest BCUT2D eigenvalue weighted by molar-refractivity contribution is 5.80. The van der Waals surface area contributed by atoms with E-state index in [-0.39, 0.29) is 5.69 Å². The van der Waals surface area contributed by atoms with E-state index in [1.165, 1.54) is 12.1 Å². The van der Waals surface area contributed by atoms with Crippen LogP contribution >= 0.6 is 0 Å². The molecule has 7 nitrogen and oxygen atoms in total. The van der Waals surface area contributed by atoms with Gasteiger partial charge in [0.05, 0.1) is 16.0 Å². The highest BCUT2D eigenvalue weighted by Crippen LogP contribution is 2.23. The summed E-state index contributed by atoms with van der Waals surface area (Å²) in [5.41, 5.74) is 1.53. The third-order valence-corrected chi connectivity index (χ3v) is 3.82. The van der Waals surface area contributed by atoms with E-state index in [9.17, 15) is 10.1 Å². The van der Waals surface area contributed by atoms with E-state index in [4.69, 9.17) is 0 Å². The van der Waals surface area contributed by atoms with Crippen molar-refractivity contribution in [2.45, 2.75) is 18.9 Å². The van der Waals surface area contributed by atoms with Crippen LogP contribution in [0.2, 0.25) is 0 Å². The van der Waals surface area contributed by atoms with E-state index >= 15 is 0 Å². The number of hydrogen-bond donors (Lipinski definition) is 2. The number of fused-ring (bicyclic) bond motifs is 1. The third kappa shape index (κ3) is 2.32. The number of hydrogen-bond acceptors (Lipinski definition) is 5. The number of imidazole rings is 1. The van der Waals surface area contributed by atoms with E-state index in [1.54, 1.807) is 6.07 Å². The highest BCUT2D eigenvalue weighted by atomic mass is 16.6. The van der Waals surface area contributed by atoms with Gasteiger partial charge in [-0.3, -0.25) is 10.1 Å². The van der Waals surface area contributed by atoms with Gasteiger partial charge in [-0.2, -0.15) is 0 Å². The Labute approximate surface area is 116 Å². The predicted molar refractivity (Wildman–Crippen MR) is 77.0 cm³/mol. The molecule has 106 valence electrons. The molecule has 0 radical (unpaired) electrons. The molecule has 3 rings (SSSR count). The van der Waals surface area contributed by atoms with Crippen molar-refractivity contribution in [3.63, 3.8) is 0 Å². The summed E-state index contributed by atoms with van der Waals surface area (Å²) < 4.78 is 0. The Kier molecular flexibility index (Phi) is 3.27. The van der Waals surface area contributed by atoms with Crippen LogP contribution in [-0.2, 0) is 0 Å². The number of nitro benzene ring substituents is 1. The molecule has 2 N–H and O–H groups in total. The Morgan fingerprint density at radius 1 is 1.50 bits per heavy atom. The van der Waals surface area contributed by atoms with Crippen molar-refractivity contribution >= 4 is 22.7 Å². The standard InChI is InChI=1S/C13H17N5O2/c1-17(10-3-2-6-14-8-10)13-15-11-5-4-9(18(19)20)7-12(11)16-13/h4-5,7,10,14H,2-3,6,8H2,1H3,(H,15,16)/t10-/m0/s1. The lowest BCUT2D eigenvalue weighted by molar-refractivity contribution is -0.384. The molecule has 1 aromatic heterocycles. The van der Waals surface area contributed by atoms with Gasteiger partial charge in [0.2, 0.25) is 5.95 Å². The number of rotatable bonds is 3. The number of non-ortho nitro benzene ring substituents is 1. The summed E-state index contributed by atoms with van der Waals surface area (Å²) in [7, 11) is 2.00. The van der Waals surface area contributed by atoms with E-state index < -0.39 is 4.92 Å². The molecule has 1 saturated heterocycles. The molecule has 1 atom stereocenters. The lowest BCUT2D eigenvalue weighted by atomic mass is 10.1. The van der Waals surface area contributed by atoms with Gasteiger partial charge in [0.25, 0.3) is 5.69 Å². The van der Waals surface area contributed by atoms with Crippen LogP contribution in [0.15, 0.2) is 18.2 Å². The molecule has 0 aliphatic carbocycles. The van der Waals surface area contributed by atoms with E-state index in [0.29, 0.717) is 11.6 Å². The number of benzene rings is 1. The quantitative estimate of drug-likeness (QED) is 0.657. The van der Waals surface area contributed by atoms with E-state index in [0.717, 1.165) is 37.4 Å². The summed E-state index contributed by atoms with van der Waals surface area (Å²) in [6.07, 6.45) is 2.28. The maximum atomic E-state index is 10.8. The van der Waals surface area contributed by atoms with E-state index in [1.807, 2.05) is 7.05 Å². The van der Waals surface area contributed by atoms with Crippen LogP contribution in [0.25, 0.3) is 11.0 Å². The number of nitrogens with one attached hydrogen (secondary N) is 2. The normalized spacial score (nSPS) is 19.1. The van der Waals surface area contributed by atoms with Crippen molar-refractivity contribution < 1.29 is 4.92 Å². The molecule has 1 aromatic carbocycles. The summed E-state index contributed by atoms with van der Waals surface area (Å²) >= 11 is 0. The topological polar surface area (TPSA) is 87.1 Å². The van der Waals surface area contributed by atoms with Crippen molar-refractivity contribution in [2.75, 3.05) is 25.0 Å². The molecule has 2 aromatic rings. The first kappa shape index (κ1) is 12.9. The summed E-state index contributed by atoms with van der Waals surface area (Å²) in [6, 6.07) is 5.09. The van der Waals surface area contributed by atoms with Crippen molar-refractivity contribution in [3.05, 3.63) is 28.3 Å². The molecular weight excluding hydrogens is 258 g/mol. The van der Waals surface area contributed by atoms with Crippen LogP contribution in [0.1, 0.15) is 12.8 Å². The summed E-state index contributed by atoms with van der Waals surface area (Å²) in [5.74, 6) is 0.759. The monoisotopic (exact) mass is 275 g/mol. The zero-order chi connectivity index (χ0) is 14.1. The number of piperidine rings is 1. The Morgan fingerprint density at radius 2 is 2.35 bits per heavy atom. The molecule has 20 heavy (non-hydrogen) atoms. The number of H-pyrrole nitrogens is 1. The smallest absolute Gasteiger partial charge is 0.271 e. The van der Waals surface area contributed by atoms with Crippen molar-refractivity contribution in [2.24, 2.45) is 0 Å². The Bertz CT molecular complexity index is 633. The third-order valence-electron chi connectivity index (χ3n) is 3.82. The lowest BCUT2D eigenvalue weighted by Gasteiger charge is -2.31. The summed E-state index contributed by atoms with van der Waals surface area (Å²) in [6.45, 7) is 2.00. The van der Waals surface area contributed by atoms with Crippen LogP contribution < -0.4 is 10.2 Å². The molecule has 1 fully saturated rings. The van der Waals surface area contributed by atoms with Gasteiger partial charge in [-0.25, -0.2) is 4.98 Å². The number of aromatic amines is 1. The number of nitro groups is 1. The maximum absolute atomic E-state index is 10.8. The Balaban J connectivity index is 1.89. The average molecular weight is 275 g/mol. The molecule has 0 spiro atoms. The number of anilines is 1. The molecule has 1 aliphatic heterocycles. The Morgan fingerprint density at radius 3 is 3.05 bits per heavy atom. The fourth-order valence-electron chi connectivity index (χ4n) is 2.60. The lowest BCUT2D eigenvalue weighted by Crippen LogP contribution is -2.44. The molecule has 7 heteroatoms. The zero-order valence-electron chi connectivity index (χ0n) is 11.3. The predicted octanol–water partition coefficient (Wildman–Crippen LogP) is 1.66. The van der Waals surface area contributed by atoms with Crippen molar-refractivity contribution in [3.8, 4) is 0 Å². The van der Waals surface area contributed by atoms with Crippen LogP contribution in [0.4, 0.5) is 11.6 Å². The van der Waals surface area contributed by atoms with Gasteiger partial charge in [-0.15, -0.1) is 0 Å². The van der Waals surface area contributed by atoms with Gasteiger partial charge in [-0.05, 0) is 25.5 Å². The first-order valence-electron chi connectivity index (χ1n) is 6.73. The minimum Gasteiger partial charge on any atom is -0.341 e. The van der Waals surface area contributed by atoms with Crippen molar-refractivity contribution in [1.82, 2.24) is 15.3 Å². The molecule has 0 amide bonds. The first-order chi connectivity index (χ1) is 9.65. The second-order valence-electron chi connectivity index (χ2n) is 5.13. The second kappa shape index (κ2) is 5.09. The minimum absolute atomic E-state index is 0.0784. The summed E-state index contributed by atoms with van der Waals surface area (Å²) in [5, 5.41) is 14.2. The SMILES string of the molecule is CN(c1nc2ccc([N+](=O)[O-])cc2[nH]1)[C@H]1CCCNC1. The maximum Gasteiger partial charge on any atom is 0.271 e. The van der Waals surface area contributed by atoms with Gasteiger partial charge in [0.15, 0.2) is 0 Å². The largest absolute Gasteiger partial charge is 0.341 e. The van der Waals surface area contributed by atoms with Crippen LogP contribution in [0.3, 0.4) is 0 Å². The van der Waals surface area contributed by atoms with Gasteiger partial charge in [0.1, 0.15) is 0 Å². The van der Waals surface area contributed by atoms with Gasteiger partial charge in [0, 0.05) is 31.8 Å². The Hall–Kier alpha value is -2.15. The van der Waals surface area contributed by atoms with Crippen LogP contribution in [0.5, 0.6) is 0 Å². The summed E-state index contributed by atoms with van der Waals surface area (Å²) in [4.78, 5) is 20.2. The van der Waals surface area contributed by atoms with Crippen LogP contribution in [-0.4, -0.2) is 41.1 Å². The van der Waals surface area contributed by atoms with Gasteiger partial charge in [-0.1, -0.05) is 0 Å². The van der Waals surface area contributed by atoms with E-state index in [2.05, 4.69) is 20.2 Å². The van der Waals surface area contributed by atoms with Gasteiger partial charge < -0.3 is 15.2 Å². The molecule has 0 unspecified atom stereocenters. The fraction of sp³-hybridized carbons (Fsp3) is 0.462. The molecule has 0 bridgehead atoms. The average Bonchev–Trinajstić information content (AvgIpc) is 2.90. The van der Waals surface area contributed by atoms with Crippen molar-refractivity contribution in [1.29, 1.82) is 0 Å². The highest BCUT2D eigenvalue weighted by Gasteiger charge is 2.20. The minimum atomic E-state index is -0.394. The number of nitrogens with zero attached hydrogens (tertiary/aromatic N) is 3. The fourth-order valence-corrected chi connectivity index (χ4v) is 2.60. The second-order valence-corrected chi connectivity index (χ2v) is 5.13. The molecule has 1 aliphatic rings. The molecule has 0 saturated carbocycles. The van der Waals surface area contributed by atoms with Crippen LogP contribution in [0, 0.1) is 10.1 Å². The zero-order valence-corrected chi connectivity index (χ0v) is 11.3. The molecule has 2 heterocycles. The van der Waals surface area contributed by atoms with Gasteiger partial charge >= 0.3 is 0 Å². The number of likely N-dealkylation sites (N-methyl/N-ethyl adjacent to an activating group) is 1. The first-order valence-corrected chi connectivity index (χ1v) is 6.73. The number of aromatic nitrogens is 2.